The summed E-state index contributed by atoms with van der Waals surface area (Å²) >= 11 is 0. The normalized spacial score (nSPS) is 15.3. The average molecular weight is 479 g/mol. The summed E-state index contributed by atoms with van der Waals surface area (Å²) in [5.41, 5.74) is 6.32. The number of hydrogen-bond donors (Lipinski definition) is 2. The number of hydrogen-bond acceptors (Lipinski definition) is 4. The molecule has 1 fully saturated rings. The van der Waals surface area contributed by atoms with Crippen LogP contribution in [0.4, 0.5) is 0 Å². The highest BCUT2D eigenvalue weighted by Gasteiger charge is 2.24. The molecule has 1 saturated heterocycles. The number of aliphatic hydroxyl groups excluding tert-OH is 1. The minimum Gasteiger partial charge on any atom is -0.395 e. The fourth-order valence-corrected chi connectivity index (χ4v) is 5.26. The van der Waals surface area contributed by atoms with Gasteiger partial charge in [-0.15, -0.1) is 0 Å². The van der Waals surface area contributed by atoms with Gasteiger partial charge >= 0.3 is 0 Å². The number of pyridine rings is 1. The minimum absolute atomic E-state index is 0.0640. The van der Waals surface area contributed by atoms with E-state index >= 15 is 0 Å². The van der Waals surface area contributed by atoms with Crippen LogP contribution in [0.1, 0.15) is 55.2 Å². The van der Waals surface area contributed by atoms with E-state index in [-0.39, 0.29) is 24.6 Å². The van der Waals surface area contributed by atoms with Crippen LogP contribution in [0.5, 0.6) is 0 Å². The molecule has 0 spiro atoms. The van der Waals surface area contributed by atoms with Crippen LogP contribution < -0.4 is 5.56 Å². The topological polar surface area (TPSA) is 81.6 Å². The second kappa shape index (κ2) is 10.4. The molecule has 188 valence electrons. The number of aromatic amines is 1. The highest BCUT2D eigenvalue weighted by Crippen LogP contribution is 2.38. The van der Waals surface area contributed by atoms with E-state index in [4.69, 9.17) is 0 Å². The molecule has 7 heteroatoms. The van der Waals surface area contributed by atoms with Crippen LogP contribution >= 0.6 is 0 Å². The first-order chi connectivity index (χ1) is 16.7. The molecule has 35 heavy (non-hydrogen) atoms. The zero-order valence-electron chi connectivity index (χ0n) is 21.6. The molecule has 4 rings (SSSR count). The van der Waals surface area contributed by atoms with Crippen LogP contribution in [0.25, 0.3) is 22.2 Å². The molecule has 1 aromatic carbocycles. The van der Waals surface area contributed by atoms with Crippen LogP contribution in [0.3, 0.4) is 0 Å². The number of piperidine rings is 1. The van der Waals surface area contributed by atoms with Crippen molar-refractivity contribution in [1.82, 2.24) is 19.4 Å². The van der Waals surface area contributed by atoms with Crippen molar-refractivity contribution in [2.45, 2.75) is 52.0 Å². The van der Waals surface area contributed by atoms with Crippen molar-refractivity contribution in [3.63, 3.8) is 0 Å². The number of rotatable bonds is 7. The molecule has 1 aliphatic rings. The molecule has 1 aliphatic heterocycles. The predicted octanol–water partition coefficient (Wildman–Crippen LogP) is 3.69. The Morgan fingerprint density at radius 2 is 1.91 bits per heavy atom. The van der Waals surface area contributed by atoms with E-state index in [0.717, 1.165) is 42.7 Å². The number of H-pyrrole nitrogens is 1. The average Bonchev–Trinajstić information content (AvgIpc) is 3.21. The van der Waals surface area contributed by atoms with Crippen molar-refractivity contribution in [2.24, 2.45) is 0 Å². The predicted molar refractivity (Wildman–Crippen MR) is 141 cm³/mol. The third-order valence-electron chi connectivity index (χ3n) is 7.25. The fraction of sp³-hybridized carbons (Fsp3) is 0.500. The number of amides is 1. The summed E-state index contributed by atoms with van der Waals surface area (Å²) in [4.78, 5) is 32.1. The summed E-state index contributed by atoms with van der Waals surface area (Å²) in [5, 5.41) is 10.6. The zero-order chi connectivity index (χ0) is 25.3. The Morgan fingerprint density at radius 1 is 1.20 bits per heavy atom. The van der Waals surface area contributed by atoms with Gasteiger partial charge < -0.3 is 19.6 Å². The third-order valence-corrected chi connectivity index (χ3v) is 7.25. The minimum atomic E-state index is -0.0714. The summed E-state index contributed by atoms with van der Waals surface area (Å²) in [6, 6.07) is 8.69. The highest BCUT2D eigenvalue weighted by atomic mass is 16.3. The number of aliphatic hydroxyl groups is 1. The molecular weight excluding hydrogens is 440 g/mol. The summed E-state index contributed by atoms with van der Waals surface area (Å²) in [6.45, 7) is 8.81. The largest absolute Gasteiger partial charge is 0.395 e. The molecule has 0 aliphatic carbocycles. The van der Waals surface area contributed by atoms with Crippen LogP contribution in [0.2, 0.25) is 0 Å². The highest BCUT2D eigenvalue weighted by molar-refractivity contribution is 5.92. The van der Waals surface area contributed by atoms with Gasteiger partial charge in [-0.25, -0.2) is 0 Å². The van der Waals surface area contributed by atoms with Crippen LogP contribution in [-0.2, 0) is 11.3 Å². The SMILES string of the molecule is Cc1cc(-c2[nH]c3ccc(C4CCN(CC(=O)N(C)C)CC4)cc3c2C(C)C)cn(CCO)c1=O. The van der Waals surface area contributed by atoms with E-state index in [9.17, 15) is 14.7 Å². The van der Waals surface area contributed by atoms with Gasteiger partial charge in [-0.3, -0.25) is 14.5 Å². The first-order valence-corrected chi connectivity index (χ1v) is 12.6. The number of fused-ring (bicyclic) bond motifs is 1. The molecule has 0 unspecified atom stereocenters. The molecule has 0 atom stereocenters. The van der Waals surface area contributed by atoms with E-state index in [1.165, 1.54) is 16.5 Å². The van der Waals surface area contributed by atoms with E-state index < -0.39 is 0 Å². The van der Waals surface area contributed by atoms with Crippen LogP contribution in [-0.4, -0.2) is 70.7 Å². The van der Waals surface area contributed by atoms with E-state index in [0.29, 0.717) is 23.9 Å². The Kier molecular flexibility index (Phi) is 7.47. The Bertz CT molecular complexity index is 1260. The lowest BCUT2D eigenvalue weighted by atomic mass is 9.87. The van der Waals surface area contributed by atoms with E-state index in [2.05, 4.69) is 41.9 Å². The second-order valence-electron chi connectivity index (χ2n) is 10.3. The lowest BCUT2D eigenvalue weighted by molar-refractivity contribution is -0.130. The standard InChI is InChI=1S/C28H38N4O3/c1-18(2)26-23-15-21(20-8-10-31(11-9-20)17-25(34)30(4)5)6-7-24(23)29-27(26)22-14-19(3)28(35)32(16-22)12-13-33/h6-7,14-16,18,20,29,33H,8-13,17H2,1-5H3. The summed E-state index contributed by atoms with van der Waals surface area (Å²) in [7, 11) is 3.62. The van der Waals surface area contributed by atoms with Crippen molar-refractivity contribution in [1.29, 1.82) is 0 Å². The lowest BCUT2D eigenvalue weighted by Crippen LogP contribution is -2.40. The van der Waals surface area contributed by atoms with Gasteiger partial charge in [-0.2, -0.15) is 0 Å². The molecule has 7 nitrogen and oxygen atoms in total. The first kappa shape index (κ1) is 25.2. The molecule has 0 bridgehead atoms. The van der Waals surface area contributed by atoms with Gasteiger partial charge in [-0.05, 0) is 74.0 Å². The van der Waals surface area contributed by atoms with Crippen molar-refractivity contribution in [3.05, 3.63) is 57.5 Å². The maximum Gasteiger partial charge on any atom is 0.253 e. The molecule has 3 heterocycles. The number of nitrogens with one attached hydrogen (secondary N) is 1. The van der Waals surface area contributed by atoms with Gasteiger partial charge in [0, 0.05) is 48.9 Å². The number of nitrogens with zero attached hydrogens (tertiary/aromatic N) is 3. The first-order valence-electron chi connectivity index (χ1n) is 12.6. The quantitative estimate of drug-likeness (QED) is 0.543. The number of carbonyl (C=O) groups excluding carboxylic acids is 1. The third kappa shape index (κ3) is 5.21. The van der Waals surface area contributed by atoms with Crippen LogP contribution in [0.15, 0.2) is 35.3 Å². The van der Waals surface area contributed by atoms with E-state index in [1.54, 1.807) is 9.47 Å². The maximum atomic E-state index is 12.5. The van der Waals surface area contributed by atoms with Crippen molar-refractivity contribution in [2.75, 3.05) is 40.3 Å². The summed E-state index contributed by atoms with van der Waals surface area (Å²) in [6.07, 6.45) is 3.95. The molecule has 0 saturated carbocycles. The van der Waals surface area contributed by atoms with E-state index in [1.807, 2.05) is 33.3 Å². The number of likely N-dealkylation sites (tertiary alicyclic amines) is 1. The second-order valence-corrected chi connectivity index (χ2v) is 10.3. The fourth-order valence-electron chi connectivity index (χ4n) is 5.26. The zero-order valence-corrected chi connectivity index (χ0v) is 21.6. The van der Waals surface area contributed by atoms with Gasteiger partial charge in [0.25, 0.3) is 5.56 Å². The lowest BCUT2D eigenvalue weighted by Gasteiger charge is -2.32. The van der Waals surface area contributed by atoms with Crippen molar-refractivity contribution >= 4 is 16.8 Å². The maximum absolute atomic E-state index is 12.5. The van der Waals surface area contributed by atoms with Crippen molar-refractivity contribution in [3.8, 4) is 11.3 Å². The molecule has 1 amide bonds. The molecule has 0 radical (unpaired) electrons. The number of benzene rings is 1. The van der Waals surface area contributed by atoms with Gasteiger partial charge in [0.1, 0.15) is 0 Å². The number of aromatic nitrogens is 2. The summed E-state index contributed by atoms with van der Waals surface area (Å²) in [5.74, 6) is 0.940. The Labute approximate surface area is 207 Å². The van der Waals surface area contributed by atoms with Gasteiger partial charge in [0.05, 0.1) is 18.8 Å². The van der Waals surface area contributed by atoms with Crippen molar-refractivity contribution < 1.29 is 9.90 Å². The molecule has 2 N–H and O–H groups in total. The Hall–Kier alpha value is -2.90. The molecular formula is C28H38N4O3. The summed E-state index contributed by atoms with van der Waals surface area (Å²) < 4.78 is 1.60. The van der Waals surface area contributed by atoms with Crippen LogP contribution in [0, 0.1) is 6.92 Å². The Balaban J connectivity index is 1.65. The number of carbonyl (C=O) groups is 1. The van der Waals surface area contributed by atoms with Gasteiger partial charge in [0.15, 0.2) is 0 Å². The van der Waals surface area contributed by atoms with Gasteiger partial charge in [-0.1, -0.05) is 19.9 Å². The number of aryl methyl sites for hydroxylation is 1. The van der Waals surface area contributed by atoms with Gasteiger partial charge in [0.2, 0.25) is 5.91 Å². The molecule has 3 aromatic rings. The molecule has 2 aromatic heterocycles. The number of likely N-dealkylation sites (N-methyl/N-ethyl adjacent to an activating group) is 1. The Morgan fingerprint density at radius 3 is 2.54 bits per heavy atom. The monoisotopic (exact) mass is 478 g/mol. The smallest absolute Gasteiger partial charge is 0.253 e.